The van der Waals surface area contributed by atoms with E-state index in [1.54, 1.807) is 24.3 Å². The average molecular weight is 482 g/mol. The molecule has 0 bridgehead atoms. The molecule has 0 fully saturated rings. The van der Waals surface area contributed by atoms with E-state index in [-0.39, 0.29) is 44.1 Å². The van der Waals surface area contributed by atoms with Gasteiger partial charge >= 0.3 is 0 Å². The first-order valence-electron chi connectivity index (χ1n) is 8.59. The Morgan fingerprint density at radius 3 is 2.27 bits per heavy atom. The predicted molar refractivity (Wildman–Crippen MR) is 115 cm³/mol. The minimum Gasteiger partial charge on any atom is -0.296 e. The topological polar surface area (TPSA) is 92.3 Å². The van der Waals surface area contributed by atoms with Crippen LogP contribution in [0.4, 0.5) is 5.13 Å². The molecule has 0 spiro atoms. The number of rotatable bonds is 5. The van der Waals surface area contributed by atoms with Crippen molar-refractivity contribution in [1.82, 2.24) is 15.1 Å². The molecular weight excluding hydrogens is 471 g/mol. The van der Waals surface area contributed by atoms with Gasteiger partial charge in [-0.2, -0.15) is 0 Å². The summed E-state index contributed by atoms with van der Waals surface area (Å²) in [7, 11) is 0. The second kappa shape index (κ2) is 8.31. The van der Waals surface area contributed by atoms with E-state index in [1.165, 1.54) is 17.0 Å². The van der Waals surface area contributed by atoms with E-state index in [2.05, 4.69) is 15.5 Å². The van der Waals surface area contributed by atoms with Crippen molar-refractivity contribution in [1.29, 1.82) is 0 Å². The van der Waals surface area contributed by atoms with Gasteiger partial charge in [-0.1, -0.05) is 58.3 Å². The summed E-state index contributed by atoms with van der Waals surface area (Å²) in [4.78, 5) is 38.5. The summed E-state index contributed by atoms with van der Waals surface area (Å²) in [5, 5.41) is 11.7. The number of hydrogen-bond acceptors (Lipinski definition) is 6. The number of fused-ring (bicyclic) bond motifs is 1. The van der Waals surface area contributed by atoms with Crippen LogP contribution in [0, 0.1) is 0 Å². The first-order valence-corrected chi connectivity index (χ1v) is 10.5. The highest BCUT2D eigenvalue weighted by Gasteiger charge is 2.34. The Morgan fingerprint density at radius 2 is 1.60 bits per heavy atom. The summed E-state index contributed by atoms with van der Waals surface area (Å²) in [6, 6.07) is 9.64. The first-order chi connectivity index (χ1) is 14.4. The average Bonchev–Trinajstić information content (AvgIpc) is 3.27. The summed E-state index contributed by atoms with van der Waals surface area (Å²) >= 11 is 19.2. The Labute approximate surface area is 189 Å². The van der Waals surface area contributed by atoms with E-state index in [4.69, 9.17) is 34.8 Å². The lowest BCUT2D eigenvalue weighted by atomic mass is 10.1. The summed E-state index contributed by atoms with van der Waals surface area (Å²) in [6.45, 7) is 0.154. The van der Waals surface area contributed by atoms with Gasteiger partial charge in [0.25, 0.3) is 17.7 Å². The number of benzene rings is 2. The number of amides is 3. The van der Waals surface area contributed by atoms with Crippen molar-refractivity contribution in [3.8, 4) is 0 Å². The molecule has 3 aromatic rings. The number of imide groups is 1. The van der Waals surface area contributed by atoms with Gasteiger partial charge in [-0.25, -0.2) is 0 Å². The summed E-state index contributed by atoms with van der Waals surface area (Å²) in [5.41, 5.74) is 0.819. The third-order valence-corrected chi connectivity index (χ3v) is 6.40. The number of hydrogen-bond donors (Lipinski definition) is 1. The molecule has 3 amide bonds. The lowest BCUT2D eigenvalue weighted by molar-refractivity contribution is 0.0655. The van der Waals surface area contributed by atoms with Gasteiger partial charge in [0.05, 0.1) is 31.8 Å². The molecule has 30 heavy (non-hydrogen) atoms. The Bertz CT molecular complexity index is 1160. The summed E-state index contributed by atoms with van der Waals surface area (Å²) < 4.78 is 0. The standard InChI is InChI=1S/C19H11Cl3N4O3S/c20-11-5-6-12(21)15(22)14(11)16(27)23-19-25-24-13(30-19)7-8-26-17(28)9-3-1-2-4-10(9)18(26)29/h1-6H,7-8H2,(H,23,25,27). The largest absolute Gasteiger partial charge is 0.296 e. The molecular formula is C19H11Cl3N4O3S. The van der Waals surface area contributed by atoms with Gasteiger partial charge in [-0.15, -0.1) is 10.2 Å². The second-order valence-electron chi connectivity index (χ2n) is 6.23. The molecule has 2 aromatic carbocycles. The molecule has 2 heterocycles. The summed E-state index contributed by atoms with van der Waals surface area (Å²) in [5.74, 6) is -1.24. The molecule has 11 heteroatoms. The third-order valence-electron chi connectivity index (χ3n) is 4.39. The van der Waals surface area contributed by atoms with Crippen molar-refractivity contribution < 1.29 is 14.4 Å². The van der Waals surface area contributed by atoms with Crippen molar-refractivity contribution >= 4 is 69.0 Å². The Morgan fingerprint density at radius 1 is 0.967 bits per heavy atom. The van der Waals surface area contributed by atoms with Gasteiger partial charge in [-0.05, 0) is 24.3 Å². The number of nitrogens with zero attached hydrogens (tertiary/aromatic N) is 3. The second-order valence-corrected chi connectivity index (χ2v) is 8.49. The lowest BCUT2D eigenvalue weighted by Crippen LogP contribution is -2.31. The van der Waals surface area contributed by atoms with Gasteiger partial charge in [0.2, 0.25) is 5.13 Å². The van der Waals surface area contributed by atoms with Gasteiger partial charge in [0, 0.05) is 13.0 Å². The van der Waals surface area contributed by atoms with E-state index >= 15 is 0 Å². The monoisotopic (exact) mass is 480 g/mol. The highest BCUT2D eigenvalue weighted by molar-refractivity contribution is 7.15. The molecule has 0 saturated carbocycles. The minimum absolute atomic E-state index is 0.0357. The Hall–Kier alpha value is -2.52. The number of carbonyl (C=O) groups is 3. The van der Waals surface area contributed by atoms with Gasteiger partial charge in [0.1, 0.15) is 5.01 Å². The highest BCUT2D eigenvalue weighted by Crippen LogP contribution is 2.32. The SMILES string of the molecule is O=C(Nc1nnc(CCN2C(=O)c3ccccc3C2=O)s1)c1c(Cl)ccc(Cl)c1Cl. The van der Waals surface area contributed by atoms with Gasteiger partial charge in [-0.3, -0.25) is 24.6 Å². The molecule has 4 rings (SSSR count). The fraction of sp³-hybridized carbons (Fsp3) is 0.105. The zero-order valence-electron chi connectivity index (χ0n) is 15.0. The maximum Gasteiger partial charge on any atom is 0.261 e. The van der Waals surface area contributed by atoms with Crippen LogP contribution in [-0.4, -0.2) is 39.4 Å². The molecule has 0 unspecified atom stereocenters. The minimum atomic E-state index is -0.574. The highest BCUT2D eigenvalue weighted by atomic mass is 35.5. The first kappa shape index (κ1) is 20.7. The molecule has 0 radical (unpaired) electrons. The predicted octanol–water partition coefficient (Wildman–Crippen LogP) is 4.59. The number of anilines is 1. The number of aromatic nitrogens is 2. The molecule has 1 aliphatic heterocycles. The quantitative estimate of drug-likeness (QED) is 0.425. The maximum atomic E-state index is 12.5. The number of carbonyl (C=O) groups excluding carboxylic acids is 3. The van der Waals surface area contributed by atoms with Crippen LogP contribution in [0.3, 0.4) is 0 Å². The maximum absolute atomic E-state index is 12.5. The van der Waals surface area contributed by atoms with E-state index < -0.39 is 5.91 Å². The molecule has 0 aliphatic carbocycles. The van der Waals surface area contributed by atoms with Crippen LogP contribution in [0.1, 0.15) is 36.1 Å². The van der Waals surface area contributed by atoms with Crippen LogP contribution in [-0.2, 0) is 6.42 Å². The molecule has 0 atom stereocenters. The van der Waals surface area contributed by atoms with Crippen LogP contribution in [0.25, 0.3) is 0 Å². The molecule has 1 aliphatic rings. The van der Waals surface area contributed by atoms with Crippen LogP contribution >= 0.6 is 46.1 Å². The van der Waals surface area contributed by atoms with E-state index in [1.807, 2.05) is 0 Å². The molecule has 0 saturated heterocycles. The van der Waals surface area contributed by atoms with Crippen molar-refractivity contribution in [3.63, 3.8) is 0 Å². The van der Waals surface area contributed by atoms with Gasteiger partial charge < -0.3 is 0 Å². The van der Waals surface area contributed by atoms with Crippen molar-refractivity contribution in [3.05, 3.63) is 73.2 Å². The normalized spacial score (nSPS) is 13.0. The molecule has 1 aromatic heterocycles. The number of halogens is 3. The van der Waals surface area contributed by atoms with Crippen LogP contribution < -0.4 is 5.32 Å². The van der Waals surface area contributed by atoms with Crippen molar-refractivity contribution in [2.24, 2.45) is 0 Å². The lowest BCUT2D eigenvalue weighted by Gasteiger charge is -2.12. The number of nitrogens with one attached hydrogen (secondary N) is 1. The fourth-order valence-electron chi connectivity index (χ4n) is 2.95. The molecule has 1 N–H and O–H groups in total. The van der Waals surface area contributed by atoms with Gasteiger partial charge in [0.15, 0.2) is 0 Å². The van der Waals surface area contributed by atoms with E-state index in [0.29, 0.717) is 22.6 Å². The van der Waals surface area contributed by atoms with E-state index in [9.17, 15) is 14.4 Å². The molecule has 152 valence electrons. The van der Waals surface area contributed by atoms with Crippen LogP contribution in [0.2, 0.25) is 15.1 Å². The van der Waals surface area contributed by atoms with Crippen molar-refractivity contribution in [2.75, 3.05) is 11.9 Å². The smallest absolute Gasteiger partial charge is 0.261 e. The summed E-state index contributed by atoms with van der Waals surface area (Å²) in [6.07, 6.45) is 0.303. The van der Waals surface area contributed by atoms with Crippen LogP contribution in [0.5, 0.6) is 0 Å². The van der Waals surface area contributed by atoms with E-state index in [0.717, 1.165) is 11.3 Å². The zero-order valence-corrected chi connectivity index (χ0v) is 18.1. The zero-order chi connectivity index (χ0) is 21.4. The Balaban J connectivity index is 1.42. The Kier molecular flexibility index (Phi) is 5.75. The van der Waals surface area contributed by atoms with Crippen LogP contribution in [0.15, 0.2) is 36.4 Å². The third kappa shape index (κ3) is 3.79. The van der Waals surface area contributed by atoms with Crippen molar-refractivity contribution in [2.45, 2.75) is 6.42 Å². The molecule has 7 nitrogen and oxygen atoms in total. The fourth-order valence-corrected chi connectivity index (χ4v) is 4.37.